The number of likely N-dealkylation sites (tertiary alicyclic amines) is 1. The number of allylic oxidation sites excluding steroid dienone is 1. The van der Waals surface area contributed by atoms with Crippen LogP contribution in [0.4, 0.5) is 0 Å². The fourth-order valence-electron chi connectivity index (χ4n) is 2.03. The van der Waals surface area contributed by atoms with Gasteiger partial charge in [0, 0.05) is 24.6 Å². The van der Waals surface area contributed by atoms with Gasteiger partial charge in [-0.05, 0) is 40.0 Å². The first-order valence-corrected chi connectivity index (χ1v) is 8.05. The number of piperidine rings is 1. The van der Waals surface area contributed by atoms with E-state index in [9.17, 15) is 4.57 Å². The highest BCUT2D eigenvalue weighted by Crippen LogP contribution is 2.50. The lowest BCUT2D eigenvalue weighted by molar-refractivity contribution is 0.227. The highest BCUT2D eigenvalue weighted by Gasteiger charge is 2.22. The van der Waals surface area contributed by atoms with Crippen LogP contribution in [-0.2, 0) is 13.6 Å². The Morgan fingerprint density at radius 2 is 1.71 bits per heavy atom. The average molecular weight is 261 g/mol. The first-order valence-electron chi connectivity index (χ1n) is 6.44. The van der Waals surface area contributed by atoms with Crippen molar-refractivity contribution in [2.45, 2.75) is 40.0 Å². The Hall–Kier alpha value is -0.310. The van der Waals surface area contributed by atoms with Crippen LogP contribution in [0.3, 0.4) is 0 Å². The van der Waals surface area contributed by atoms with Crippen molar-refractivity contribution in [2.75, 3.05) is 26.3 Å². The molecule has 0 spiro atoms. The highest BCUT2D eigenvalue weighted by atomic mass is 31.2. The third-order valence-electron chi connectivity index (χ3n) is 2.82. The lowest BCUT2D eigenvalue weighted by Crippen LogP contribution is -2.27. The van der Waals surface area contributed by atoms with Gasteiger partial charge in [-0.15, -0.1) is 0 Å². The number of rotatable bonds is 6. The average Bonchev–Trinajstić information content (AvgIpc) is 2.30. The zero-order chi connectivity index (χ0) is 12.7. The van der Waals surface area contributed by atoms with Crippen LogP contribution in [0.1, 0.15) is 40.0 Å². The zero-order valence-corrected chi connectivity index (χ0v) is 12.0. The van der Waals surface area contributed by atoms with Crippen molar-refractivity contribution in [1.82, 2.24) is 4.90 Å². The molecule has 1 aliphatic heterocycles. The molecule has 1 aliphatic rings. The van der Waals surface area contributed by atoms with Crippen LogP contribution in [0.25, 0.3) is 0 Å². The Morgan fingerprint density at radius 1 is 1.18 bits per heavy atom. The zero-order valence-electron chi connectivity index (χ0n) is 11.1. The molecule has 0 amide bonds. The first kappa shape index (κ1) is 14.7. The number of nitrogens with zero attached hydrogens (tertiary/aromatic N) is 1. The monoisotopic (exact) mass is 261 g/mol. The second kappa shape index (κ2) is 7.20. The Morgan fingerprint density at radius 3 is 2.18 bits per heavy atom. The van der Waals surface area contributed by atoms with Gasteiger partial charge < -0.3 is 13.9 Å². The maximum atomic E-state index is 12.3. The van der Waals surface area contributed by atoms with Crippen LogP contribution in [0.15, 0.2) is 11.5 Å². The molecule has 0 aliphatic carbocycles. The van der Waals surface area contributed by atoms with Gasteiger partial charge in [-0.1, -0.05) is 0 Å². The summed E-state index contributed by atoms with van der Waals surface area (Å²) in [6.07, 6.45) is 3.70. The van der Waals surface area contributed by atoms with E-state index in [0.717, 1.165) is 18.8 Å². The van der Waals surface area contributed by atoms with E-state index in [-0.39, 0.29) is 0 Å². The molecule has 0 aromatic carbocycles. The van der Waals surface area contributed by atoms with E-state index in [0.29, 0.717) is 13.2 Å². The summed E-state index contributed by atoms with van der Waals surface area (Å²) in [6.45, 7) is 8.53. The van der Waals surface area contributed by atoms with Crippen molar-refractivity contribution in [1.29, 1.82) is 0 Å². The fraction of sp³-hybridized carbons (Fsp3) is 0.833. The third kappa shape index (κ3) is 4.82. The van der Waals surface area contributed by atoms with Crippen LogP contribution >= 0.6 is 7.60 Å². The predicted molar refractivity (Wildman–Crippen MR) is 70.0 cm³/mol. The molecule has 0 unspecified atom stereocenters. The summed E-state index contributed by atoms with van der Waals surface area (Å²) in [5.41, 5.74) is 1.01. The smallest absolute Gasteiger partial charge is 0.355 e. The molecule has 17 heavy (non-hydrogen) atoms. The number of hydrogen-bond donors (Lipinski definition) is 0. The third-order valence-corrected chi connectivity index (χ3v) is 4.74. The van der Waals surface area contributed by atoms with Crippen LogP contribution in [-0.4, -0.2) is 31.2 Å². The summed E-state index contributed by atoms with van der Waals surface area (Å²) in [6, 6.07) is 0. The van der Waals surface area contributed by atoms with Crippen molar-refractivity contribution in [2.24, 2.45) is 0 Å². The van der Waals surface area contributed by atoms with Crippen LogP contribution in [0.2, 0.25) is 0 Å². The van der Waals surface area contributed by atoms with E-state index in [2.05, 4.69) is 4.90 Å². The van der Waals surface area contributed by atoms with Gasteiger partial charge in [0.25, 0.3) is 0 Å². The molecule has 0 N–H and O–H groups in total. The summed E-state index contributed by atoms with van der Waals surface area (Å²) >= 11 is 0. The Kier molecular flexibility index (Phi) is 6.24. The summed E-state index contributed by atoms with van der Waals surface area (Å²) in [5, 5.41) is 0. The minimum Gasteiger partial charge on any atom is -0.375 e. The Bertz CT molecular complexity index is 288. The van der Waals surface area contributed by atoms with Crippen molar-refractivity contribution >= 4 is 7.60 Å². The van der Waals surface area contributed by atoms with E-state index in [1.807, 2.05) is 20.8 Å². The molecule has 0 atom stereocenters. The van der Waals surface area contributed by atoms with Gasteiger partial charge in [0.05, 0.1) is 13.2 Å². The van der Waals surface area contributed by atoms with Gasteiger partial charge in [0.1, 0.15) is 0 Å². The van der Waals surface area contributed by atoms with Gasteiger partial charge in [0.2, 0.25) is 0 Å². The van der Waals surface area contributed by atoms with E-state index in [4.69, 9.17) is 9.05 Å². The van der Waals surface area contributed by atoms with Crippen LogP contribution in [0.5, 0.6) is 0 Å². The van der Waals surface area contributed by atoms with Crippen molar-refractivity contribution < 1.29 is 13.6 Å². The molecule has 0 bridgehead atoms. The molecule has 0 aromatic heterocycles. The SMILES string of the molecule is CCOP(=O)(/C=C(\C)N1CCCCC1)OCC. The normalized spacial score (nSPS) is 18.5. The van der Waals surface area contributed by atoms with Crippen molar-refractivity contribution in [3.8, 4) is 0 Å². The largest absolute Gasteiger partial charge is 0.375 e. The summed E-state index contributed by atoms with van der Waals surface area (Å²) < 4.78 is 22.8. The van der Waals surface area contributed by atoms with E-state index in [1.54, 1.807) is 5.82 Å². The van der Waals surface area contributed by atoms with E-state index >= 15 is 0 Å². The predicted octanol–water partition coefficient (Wildman–Crippen LogP) is 3.60. The second-order valence-electron chi connectivity index (χ2n) is 4.19. The van der Waals surface area contributed by atoms with Gasteiger partial charge in [-0.25, -0.2) is 0 Å². The number of hydrogen-bond acceptors (Lipinski definition) is 4. The summed E-state index contributed by atoms with van der Waals surface area (Å²) in [4.78, 5) is 2.26. The molecular formula is C12H24NO3P. The summed E-state index contributed by atoms with van der Waals surface area (Å²) in [7, 11) is -3.05. The van der Waals surface area contributed by atoms with Crippen molar-refractivity contribution in [3.05, 3.63) is 11.5 Å². The van der Waals surface area contributed by atoms with Gasteiger partial charge >= 0.3 is 7.60 Å². The molecule has 100 valence electrons. The molecule has 0 saturated carbocycles. The molecule has 0 radical (unpaired) electrons. The van der Waals surface area contributed by atoms with E-state index < -0.39 is 7.60 Å². The molecule has 1 fully saturated rings. The molecule has 1 saturated heterocycles. The minimum absolute atomic E-state index is 0.404. The quantitative estimate of drug-likeness (QED) is 0.685. The lowest BCUT2D eigenvalue weighted by Gasteiger charge is -2.30. The molecule has 1 heterocycles. The highest BCUT2D eigenvalue weighted by molar-refractivity contribution is 7.57. The Balaban J connectivity index is 2.70. The standard InChI is InChI=1S/C12H24NO3P/c1-4-15-17(14,16-5-2)11-12(3)13-9-7-6-8-10-13/h11H,4-10H2,1-3H3/b12-11+. The van der Waals surface area contributed by atoms with Crippen LogP contribution in [0, 0.1) is 0 Å². The molecule has 4 nitrogen and oxygen atoms in total. The fourth-order valence-corrected chi connectivity index (χ4v) is 3.59. The van der Waals surface area contributed by atoms with Gasteiger partial charge in [0.15, 0.2) is 0 Å². The molecular weight excluding hydrogens is 237 g/mol. The van der Waals surface area contributed by atoms with Crippen molar-refractivity contribution in [3.63, 3.8) is 0 Å². The van der Waals surface area contributed by atoms with Gasteiger partial charge in [-0.3, -0.25) is 4.57 Å². The second-order valence-corrected chi connectivity index (χ2v) is 6.05. The maximum absolute atomic E-state index is 12.3. The van der Waals surface area contributed by atoms with Crippen LogP contribution < -0.4 is 0 Å². The van der Waals surface area contributed by atoms with Gasteiger partial charge in [-0.2, -0.15) is 0 Å². The maximum Gasteiger partial charge on any atom is 0.355 e. The lowest BCUT2D eigenvalue weighted by atomic mass is 10.1. The summed E-state index contributed by atoms with van der Waals surface area (Å²) in [5.74, 6) is 1.67. The topological polar surface area (TPSA) is 38.8 Å². The van der Waals surface area contributed by atoms with E-state index in [1.165, 1.54) is 19.3 Å². The molecule has 5 heteroatoms. The minimum atomic E-state index is -3.05. The first-order chi connectivity index (χ1) is 8.11. The Labute approximate surface area is 105 Å². The molecule has 0 aromatic rings. The molecule has 1 rings (SSSR count).